The lowest BCUT2D eigenvalue weighted by molar-refractivity contribution is 0.101. The van der Waals surface area contributed by atoms with Crippen molar-refractivity contribution in [3.63, 3.8) is 0 Å². The Kier molecular flexibility index (Phi) is 4.26. The average molecular weight is 374 g/mol. The minimum Gasteiger partial charge on any atom is -0.486 e. The first-order chi connectivity index (χ1) is 12.6. The molecule has 8 heteroatoms. The Bertz CT molecular complexity index is 970. The number of fused-ring (bicyclic) bond motifs is 1. The van der Waals surface area contributed by atoms with E-state index >= 15 is 0 Å². The van der Waals surface area contributed by atoms with E-state index in [2.05, 4.69) is 10.3 Å². The Morgan fingerprint density at radius 2 is 1.81 bits per heavy atom. The van der Waals surface area contributed by atoms with E-state index in [4.69, 9.17) is 9.47 Å². The Hall–Kier alpha value is -3.00. The van der Waals surface area contributed by atoms with Gasteiger partial charge in [-0.05, 0) is 30.3 Å². The van der Waals surface area contributed by atoms with Gasteiger partial charge < -0.3 is 9.47 Å². The number of aromatic nitrogens is 1. The molecule has 1 aliphatic heterocycles. The summed E-state index contributed by atoms with van der Waals surface area (Å²) >= 11 is 1.16. The standard InChI is InChI=1S/C18H12F2N2O3S/c19-11-2-1-3-12(20)16(11)17(23)22-18-21-13(9-26-18)10-4-5-14-15(8-10)25-7-6-24-14/h1-5,8-9H,6-7H2,(H,21,22,23). The molecule has 0 unspecified atom stereocenters. The Balaban J connectivity index is 1.56. The topological polar surface area (TPSA) is 60.5 Å². The summed E-state index contributed by atoms with van der Waals surface area (Å²) in [6, 6.07) is 8.66. The van der Waals surface area contributed by atoms with Crippen LogP contribution in [0.5, 0.6) is 11.5 Å². The fraction of sp³-hybridized carbons (Fsp3) is 0.111. The summed E-state index contributed by atoms with van der Waals surface area (Å²) in [5, 5.41) is 4.40. The van der Waals surface area contributed by atoms with Gasteiger partial charge in [-0.25, -0.2) is 13.8 Å². The number of carbonyl (C=O) groups excluding carboxylic acids is 1. The molecule has 2 heterocycles. The third-order valence-corrected chi connectivity index (χ3v) is 4.51. The molecule has 4 rings (SSSR count). The van der Waals surface area contributed by atoms with Crippen LogP contribution in [0.1, 0.15) is 10.4 Å². The molecule has 3 aromatic rings. The molecule has 0 radical (unpaired) electrons. The zero-order valence-electron chi connectivity index (χ0n) is 13.3. The minimum atomic E-state index is -0.925. The number of rotatable bonds is 3. The van der Waals surface area contributed by atoms with Crippen molar-refractivity contribution in [2.75, 3.05) is 18.5 Å². The van der Waals surface area contributed by atoms with E-state index in [1.165, 1.54) is 6.07 Å². The van der Waals surface area contributed by atoms with Crippen molar-refractivity contribution in [2.45, 2.75) is 0 Å². The summed E-state index contributed by atoms with van der Waals surface area (Å²) in [6.07, 6.45) is 0. The number of nitrogens with one attached hydrogen (secondary N) is 1. The van der Waals surface area contributed by atoms with Gasteiger partial charge in [0.05, 0.1) is 5.69 Å². The van der Waals surface area contributed by atoms with Crippen LogP contribution in [0, 0.1) is 11.6 Å². The van der Waals surface area contributed by atoms with E-state index in [1.54, 1.807) is 17.5 Å². The third kappa shape index (κ3) is 3.11. The van der Waals surface area contributed by atoms with Crippen molar-refractivity contribution < 1.29 is 23.0 Å². The Morgan fingerprint density at radius 3 is 2.58 bits per heavy atom. The van der Waals surface area contributed by atoms with E-state index in [1.807, 2.05) is 6.07 Å². The van der Waals surface area contributed by atoms with Crippen molar-refractivity contribution >= 4 is 22.4 Å². The molecule has 0 fully saturated rings. The molecule has 1 aliphatic rings. The first-order valence-electron chi connectivity index (χ1n) is 7.73. The van der Waals surface area contributed by atoms with Crippen LogP contribution in [-0.4, -0.2) is 24.1 Å². The van der Waals surface area contributed by atoms with Gasteiger partial charge in [0.2, 0.25) is 0 Å². The Labute approximate surface area is 151 Å². The molecule has 26 heavy (non-hydrogen) atoms. The van der Waals surface area contributed by atoms with Crippen molar-refractivity contribution in [1.82, 2.24) is 4.98 Å². The number of thiazole rings is 1. The number of hydrogen-bond donors (Lipinski definition) is 1. The molecule has 0 spiro atoms. The summed E-state index contributed by atoms with van der Waals surface area (Å²) in [7, 11) is 0. The van der Waals surface area contributed by atoms with Crippen LogP contribution in [0.3, 0.4) is 0 Å². The van der Waals surface area contributed by atoms with Crippen LogP contribution >= 0.6 is 11.3 Å². The van der Waals surface area contributed by atoms with Crippen LogP contribution in [-0.2, 0) is 0 Å². The predicted octanol–water partition coefficient (Wildman–Crippen LogP) is 4.11. The van der Waals surface area contributed by atoms with E-state index in [0.29, 0.717) is 30.4 Å². The molecular weight excluding hydrogens is 362 g/mol. The van der Waals surface area contributed by atoms with Gasteiger partial charge in [0, 0.05) is 10.9 Å². The van der Waals surface area contributed by atoms with Gasteiger partial charge in [-0.2, -0.15) is 0 Å². The highest BCUT2D eigenvalue weighted by Gasteiger charge is 2.19. The molecule has 132 valence electrons. The van der Waals surface area contributed by atoms with Crippen LogP contribution in [0.25, 0.3) is 11.3 Å². The molecule has 0 saturated carbocycles. The number of amides is 1. The smallest absolute Gasteiger partial charge is 0.263 e. The van der Waals surface area contributed by atoms with Gasteiger partial charge in [0.25, 0.3) is 5.91 Å². The number of anilines is 1. The lowest BCUT2D eigenvalue weighted by Crippen LogP contribution is -2.15. The zero-order chi connectivity index (χ0) is 18.1. The predicted molar refractivity (Wildman–Crippen MR) is 92.9 cm³/mol. The molecule has 1 amide bonds. The second kappa shape index (κ2) is 6.72. The van der Waals surface area contributed by atoms with E-state index in [-0.39, 0.29) is 5.13 Å². The van der Waals surface area contributed by atoms with Crippen molar-refractivity contribution in [3.05, 3.63) is 59.0 Å². The number of hydrogen-bond acceptors (Lipinski definition) is 5. The van der Waals surface area contributed by atoms with E-state index in [0.717, 1.165) is 29.0 Å². The largest absolute Gasteiger partial charge is 0.486 e. The summed E-state index contributed by atoms with van der Waals surface area (Å²) in [4.78, 5) is 16.4. The van der Waals surface area contributed by atoms with E-state index in [9.17, 15) is 13.6 Å². The van der Waals surface area contributed by atoms with Crippen molar-refractivity contribution in [2.24, 2.45) is 0 Å². The van der Waals surface area contributed by atoms with Crippen LogP contribution < -0.4 is 14.8 Å². The van der Waals surface area contributed by atoms with E-state index < -0.39 is 23.1 Å². The quantitative estimate of drug-likeness (QED) is 0.749. The first kappa shape index (κ1) is 16.5. The molecule has 5 nitrogen and oxygen atoms in total. The second-order valence-corrected chi connectivity index (χ2v) is 6.31. The number of nitrogens with zero attached hydrogens (tertiary/aromatic N) is 1. The maximum Gasteiger partial charge on any atom is 0.263 e. The average Bonchev–Trinajstić information content (AvgIpc) is 3.09. The highest BCUT2D eigenvalue weighted by atomic mass is 32.1. The SMILES string of the molecule is O=C(Nc1nc(-c2ccc3c(c2)OCCO3)cs1)c1c(F)cccc1F. The van der Waals surface area contributed by atoms with Crippen LogP contribution in [0.2, 0.25) is 0 Å². The zero-order valence-corrected chi connectivity index (χ0v) is 14.1. The molecule has 2 aromatic carbocycles. The summed E-state index contributed by atoms with van der Waals surface area (Å²) in [6.45, 7) is 0.981. The molecule has 1 N–H and O–H groups in total. The summed E-state index contributed by atoms with van der Waals surface area (Å²) in [5.74, 6) is -1.44. The molecule has 0 atom stereocenters. The fourth-order valence-electron chi connectivity index (χ4n) is 2.54. The van der Waals surface area contributed by atoms with Gasteiger partial charge in [-0.3, -0.25) is 10.1 Å². The minimum absolute atomic E-state index is 0.238. The summed E-state index contributed by atoms with van der Waals surface area (Å²) in [5.41, 5.74) is 0.753. The highest BCUT2D eigenvalue weighted by Crippen LogP contribution is 2.35. The van der Waals surface area contributed by atoms with Gasteiger partial charge >= 0.3 is 0 Å². The number of benzene rings is 2. The maximum absolute atomic E-state index is 13.7. The first-order valence-corrected chi connectivity index (χ1v) is 8.61. The maximum atomic E-state index is 13.7. The normalized spacial score (nSPS) is 12.7. The highest BCUT2D eigenvalue weighted by molar-refractivity contribution is 7.14. The lowest BCUT2D eigenvalue weighted by atomic mass is 10.1. The number of ether oxygens (including phenoxy) is 2. The van der Waals surface area contributed by atoms with Crippen LogP contribution in [0.4, 0.5) is 13.9 Å². The lowest BCUT2D eigenvalue weighted by Gasteiger charge is -2.18. The monoisotopic (exact) mass is 374 g/mol. The van der Waals surface area contributed by atoms with Gasteiger partial charge in [-0.1, -0.05) is 6.07 Å². The molecule has 1 aromatic heterocycles. The van der Waals surface area contributed by atoms with Crippen molar-refractivity contribution in [3.8, 4) is 22.8 Å². The number of carbonyl (C=O) groups is 1. The molecular formula is C18H12F2N2O3S. The van der Waals surface area contributed by atoms with Gasteiger partial charge in [0.15, 0.2) is 16.6 Å². The molecule has 0 saturated heterocycles. The molecule has 0 aliphatic carbocycles. The van der Waals surface area contributed by atoms with Gasteiger partial charge in [-0.15, -0.1) is 11.3 Å². The second-order valence-electron chi connectivity index (χ2n) is 5.45. The van der Waals surface area contributed by atoms with Crippen molar-refractivity contribution in [1.29, 1.82) is 0 Å². The van der Waals surface area contributed by atoms with Crippen LogP contribution in [0.15, 0.2) is 41.8 Å². The third-order valence-electron chi connectivity index (χ3n) is 3.75. The summed E-state index contributed by atoms with van der Waals surface area (Å²) < 4.78 is 38.4. The molecule has 0 bridgehead atoms. The Morgan fingerprint density at radius 1 is 1.08 bits per heavy atom. The fourth-order valence-corrected chi connectivity index (χ4v) is 3.26. The number of halogens is 2. The van der Waals surface area contributed by atoms with Gasteiger partial charge in [0.1, 0.15) is 30.4 Å².